The molecule has 0 radical (unpaired) electrons. The zero-order valence-electron chi connectivity index (χ0n) is 12.4. The summed E-state index contributed by atoms with van der Waals surface area (Å²) in [5.74, 6) is -0.764. The Hall–Kier alpha value is -1.87. The average molecular weight is 400 g/mol. The second-order valence-electron chi connectivity index (χ2n) is 4.65. The predicted molar refractivity (Wildman–Crippen MR) is 92.2 cm³/mol. The summed E-state index contributed by atoms with van der Waals surface area (Å²) in [7, 11) is 1.56. The molecule has 1 unspecified atom stereocenters. The van der Waals surface area contributed by atoms with Gasteiger partial charge in [0.2, 0.25) is 5.91 Å². The molecule has 9 heteroatoms. The van der Waals surface area contributed by atoms with Crippen LogP contribution >= 0.6 is 27.7 Å². The van der Waals surface area contributed by atoms with Gasteiger partial charge in [-0.2, -0.15) is 5.10 Å². The van der Waals surface area contributed by atoms with E-state index in [1.54, 1.807) is 7.11 Å². The Morgan fingerprint density at radius 3 is 2.96 bits per heavy atom. The molecule has 122 valence electrons. The van der Waals surface area contributed by atoms with Crippen LogP contribution in [0.15, 0.2) is 26.8 Å². The molecule has 1 aromatic carbocycles. The molecule has 1 fully saturated rings. The molecule has 0 bridgehead atoms. The van der Waals surface area contributed by atoms with Crippen LogP contribution in [0.4, 0.5) is 0 Å². The summed E-state index contributed by atoms with van der Waals surface area (Å²) >= 11 is 4.45. The van der Waals surface area contributed by atoms with Gasteiger partial charge < -0.3 is 15.2 Å². The highest BCUT2D eigenvalue weighted by atomic mass is 79.9. The monoisotopic (exact) mass is 399 g/mol. The highest BCUT2D eigenvalue weighted by Crippen LogP contribution is 2.30. The number of halogens is 1. The summed E-state index contributed by atoms with van der Waals surface area (Å²) in [4.78, 5) is 22.3. The molecule has 0 aliphatic carbocycles. The van der Waals surface area contributed by atoms with E-state index in [-0.39, 0.29) is 17.5 Å². The molecule has 0 spiro atoms. The van der Waals surface area contributed by atoms with Gasteiger partial charge in [-0.1, -0.05) is 17.8 Å². The van der Waals surface area contributed by atoms with E-state index >= 15 is 0 Å². The highest BCUT2D eigenvalue weighted by molar-refractivity contribution is 9.10. The normalized spacial score (nSPS) is 19.3. The number of rotatable bonds is 5. The topological polar surface area (TPSA) is 100 Å². The Morgan fingerprint density at radius 1 is 1.57 bits per heavy atom. The van der Waals surface area contributed by atoms with Crippen LogP contribution in [0, 0.1) is 6.92 Å². The molecule has 1 atom stereocenters. The number of benzene rings is 1. The average Bonchev–Trinajstić information content (AvgIpc) is 2.82. The van der Waals surface area contributed by atoms with Crippen molar-refractivity contribution in [2.75, 3.05) is 7.11 Å². The number of methoxy groups -OCH3 is 1. The van der Waals surface area contributed by atoms with E-state index in [9.17, 15) is 9.59 Å². The van der Waals surface area contributed by atoms with E-state index in [4.69, 9.17) is 9.84 Å². The largest absolute Gasteiger partial charge is 0.495 e. The molecule has 0 saturated carbocycles. The van der Waals surface area contributed by atoms with Crippen molar-refractivity contribution in [2.45, 2.75) is 18.6 Å². The van der Waals surface area contributed by atoms with Gasteiger partial charge in [-0.15, -0.1) is 5.10 Å². The maximum Gasteiger partial charge on any atom is 0.305 e. The van der Waals surface area contributed by atoms with Crippen LogP contribution in [-0.4, -0.2) is 40.7 Å². The number of amides is 1. The van der Waals surface area contributed by atoms with Crippen LogP contribution in [0.3, 0.4) is 0 Å². The standard InChI is InChI=1S/C14H14BrN3O4S/c1-7-3-4-9(15)12(22-2)8(7)6-16-18-14-17-13(21)10(23-14)5-11(19)20/h3-4,6,10H,5H2,1-2H3,(H,19,20)(H,17,18,21). The first kappa shape index (κ1) is 17.5. The highest BCUT2D eigenvalue weighted by Gasteiger charge is 2.32. The molecule has 1 aliphatic rings. The van der Waals surface area contributed by atoms with E-state index in [1.165, 1.54) is 6.21 Å². The number of ether oxygens (including phenoxy) is 1. The van der Waals surface area contributed by atoms with Crippen molar-refractivity contribution in [3.8, 4) is 5.75 Å². The molecule has 7 nitrogen and oxygen atoms in total. The summed E-state index contributed by atoms with van der Waals surface area (Å²) in [6.07, 6.45) is 1.28. The van der Waals surface area contributed by atoms with Gasteiger partial charge in [-0.25, -0.2) is 0 Å². The van der Waals surface area contributed by atoms with Crippen LogP contribution in [0.5, 0.6) is 5.75 Å². The van der Waals surface area contributed by atoms with E-state index in [1.807, 2.05) is 19.1 Å². The fraction of sp³-hybridized carbons (Fsp3) is 0.286. The predicted octanol–water partition coefficient (Wildman–Crippen LogP) is 2.16. The first-order chi connectivity index (χ1) is 10.9. The third kappa shape index (κ3) is 4.32. The maximum atomic E-state index is 11.6. The lowest BCUT2D eigenvalue weighted by Gasteiger charge is -2.09. The second kappa shape index (κ2) is 7.60. The van der Waals surface area contributed by atoms with Gasteiger partial charge >= 0.3 is 5.97 Å². The van der Waals surface area contributed by atoms with Crippen molar-refractivity contribution in [1.29, 1.82) is 0 Å². The lowest BCUT2D eigenvalue weighted by Crippen LogP contribution is -2.26. The number of hydrogen-bond acceptors (Lipinski definition) is 6. The van der Waals surface area contributed by atoms with Gasteiger partial charge in [0.05, 0.1) is 24.2 Å². The number of amidine groups is 1. The SMILES string of the molecule is COc1c(Br)ccc(C)c1C=NN=C1NC(=O)C(CC(=O)O)S1. The molecule has 2 N–H and O–H groups in total. The number of carbonyl (C=O) groups excluding carboxylic acids is 1. The van der Waals surface area contributed by atoms with Crippen LogP contribution in [0.25, 0.3) is 0 Å². The summed E-state index contributed by atoms with van der Waals surface area (Å²) in [6, 6.07) is 3.79. The lowest BCUT2D eigenvalue weighted by atomic mass is 10.1. The fourth-order valence-corrected chi connectivity index (χ4v) is 3.35. The quantitative estimate of drug-likeness (QED) is 0.583. The molecular formula is C14H14BrN3O4S. The zero-order chi connectivity index (χ0) is 17.0. The van der Waals surface area contributed by atoms with Crippen molar-refractivity contribution in [3.05, 3.63) is 27.7 Å². The number of nitrogens with zero attached hydrogens (tertiary/aromatic N) is 2. The fourth-order valence-electron chi connectivity index (χ4n) is 1.92. The Morgan fingerprint density at radius 2 is 2.30 bits per heavy atom. The van der Waals surface area contributed by atoms with Crippen LogP contribution in [0.1, 0.15) is 17.5 Å². The molecule has 23 heavy (non-hydrogen) atoms. The number of thioether (sulfide) groups is 1. The smallest absolute Gasteiger partial charge is 0.305 e. The first-order valence-electron chi connectivity index (χ1n) is 6.55. The van der Waals surface area contributed by atoms with Crippen molar-refractivity contribution in [1.82, 2.24) is 5.32 Å². The molecule has 1 saturated heterocycles. The van der Waals surface area contributed by atoms with E-state index in [0.29, 0.717) is 5.75 Å². The maximum absolute atomic E-state index is 11.6. The molecule has 1 amide bonds. The minimum Gasteiger partial charge on any atom is -0.495 e. The molecule has 1 aromatic rings. The van der Waals surface area contributed by atoms with Gasteiger partial charge in [0.15, 0.2) is 5.17 Å². The molecule has 0 aromatic heterocycles. The van der Waals surface area contributed by atoms with Crippen molar-refractivity contribution in [3.63, 3.8) is 0 Å². The Kier molecular flexibility index (Phi) is 5.78. The zero-order valence-corrected chi connectivity index (χ0v) is 14.8. The Labute approximate surface area is 145 Å². The van der Waals surface area contributed by atoms with Crippen LogP contribution in [0.2, 0.25) is 0 Å². The van der Waals surface area contributed by atoms with Gasteiger partial charge in [-0.05, 0) is 34.5 Å². The summed E-state index contributed by atoms with van der Waals surface area (Å²) in [6.45, 7) is 1.92. The number of carboxylic acids is 1. The molecule has 2 rings (SSSR count). The van der Waals surface area contributed by atoms with Crippen molar-refractivity contribution in [2.24, 2.45) is 10.2 Å². The summed E-state index contributed by atoms with van der Waals surface area (Å²) in [5.41, 5.74) is 1.73. The van der Waals surface area contributed by atoms with Crippen molar-refractivity contribution >= 4 is 51.0 Å². The number of carbonyl (C=O) groups is 2. The molecule has 1 aliphatic heterocycles. The number of carboxylic acid groups (broad SMARTS) is 1. The van der Waals surface area contributed by atoms with Gasteiger partial charge in [0.25, 0.3) is 0 Å². The minimum atomic E-state index is -1.03. The summed E-state index contributed by atoms with van der Waals surface area (Å²) < 4.78 is 6.13. The van der Waals surface area contributed by atoms with E-state index in [0.717, 1.165) is 27.4 Å². The number of hydrogen-bond donors (Lipinski definition) is 2. The van der Waals surface area contributed by atoms with Crippen LogP contribution in [-0.2, 0) is 9.59 Å². The van der Waals surface area contributed by atoms with Gasteiger partial charge in [0.1, 0.15) is 11.0 Å². The van der Waals surface area contributed by atoms with E-state index in [2.05, 4.69) is 31.4 Å². The third-order valence-corrected chi connectivity index (χ3v) is 4.74. The number of aryl methyl sites for hydroxylation is 1. The molecule has 1 heterocycles. The number of aliphatic carboxylic acids is 1. The Balaban J connectivity index is 2.15. The lowest BCUT2D eigenvalue weighted by molar-refractivity contribution is -0.138. The second-order valence-corrected chi connectivity index (χ2v) is 6.70. The first-order valence-corrected chi connectivity index (χ1v) is 8.23. The minimum absolute atomic E-state index is 0.252. The van der Waals surface area contributed by atoms with E-state index < -0.39 is 11.2 Å². The molecular weight excluding hydrogens is 386 g/mol. The Bertz CT molecular complexity index is 706. The van der Waals surface area contributed by atoms with Gasteiger partial charge in [0, 0.05) is 5.56 Å². The van der Waals surface area contributed by atoms with Gasteiger partial charge in [-0.3, -0.25) is 9.59 Å². The number of nitrogens with one attached hydrogen (secondary N) is 1. The van der Waals surface area contributed by atoms with Crippen LogP contribution < -0.4 is 10.1 Å². The van der Waals surface area contributed by atoms with Crippen molar-refractivity contribution < 1.29 is 19.4 Å². The summed E-state index contributed by atoms with van der Waals surface area (Å²) in [5, 5.41) is 18.7. The third-order valence-electron chi connectivity index (χ3n) is 3.04.